The SMILES string of the molecule is Cc1ccc(S(=O)(=O)N2C(=O)NC(C(C)C)=CC2c2cccc([N+](=O)[O-])c2)cc1. The molecule has 0 aromatic heterocycles. The Morgan fingerprint density at radius 1 is 1.14 bits per heavy atom. The highest BCUT2D eigenvalue weighted by Gasteiger charge is 2.39. The van der Waals surface area contributed by atoms with E-state index in [9.17, 15) is 23.3 Å². The molecule has 8 nitrogen and oxygen atoms in total. The number of nitro groups is 1. The van der Waals surface area contributed by atoms with E-state index in [2.05, 4.69) is 5.32 Å². The smallest absolute Gasteiger partial charge is 0.311 e. The first-order valence-corrected chi connectivity index (χ1v) is 10.4. The van der Waals surface area contributed by atoms with E-state index in [1.54, 1.807) is 24.3 Å². The lowest BCUT2D eigenvalue weighted by Gasteiger charge is -2.35. The predicted octanol–water partition coefficient (Wildman–Crippen LogP) is 3.90. The van der Waals surface area contributed by atoms with Gasteiger partial charge in [-0.15, -0.1) is 0 Å². The number of amides is 2. The van der Waals surface area contributed by atoms with E-state index in [4.69, 9.17) is 0 Å². The number of non-ortho nitro benzene ring substituents is 1. The van der Waals surface area contributed by atoms with E-state index in [0.717, 1.165) is 9.87 Å². The van der Waals surface area contributed by atoms with Crippen molar-refractivity contribution in [3.05, 3.63) is 81.5 Å². The Morgan fingerprint density at radius 2 is 1.79 bits per heavy atom. The topological polar surface area (TPSA) is 110 Å². The van der Waals surface area contributed by atoms with Gasteiger partial charge in [0.2, 0.25) is 0 Å². The van der Waals surface area contributed by atoms with Crippen LogP contribution in [-0.4, -0.2) is 23.7 Å². The summed E-state index contributed by atoms with van der Waals surface area (Å²) in [7, 11) is -4.20. The van der Waals surface area contributed by atoms with Gasteiger partial charge in [-0.1, -0.05) is 43.7 Å². The minimum Gasteiger partial charge on any atom is -0.311 e. The van der Waals surface area contributed by atoms with Gasteiger partial charge in [0.15, 0.2) is 0 Å². The average Bonchev–Trinajstić information content (AvgIpc) is 2.67. The van der Waals surface area contributed by atoms with Crippen molar-refractivity contribution < 1.29 is 18.1 Å². The number of hydrogen-bond donors (Lipinski definition) is 1. The molecule has 152 valence electrons. The molecule has 2 amide bonds. The van der Waals surface area contributed by atoms with Crippen LogP contribution >= 0.6 is 0 Å². The fourth-order valence-electron chi connectivity index (χ4n) is 3.06. The molecule has 1 heterocycles. The van der Waals surface area contributed by atoms with Crippen LogP contribution in [0.2, 0.25) is 0 Å². The van der Waals surface area contributed by atoms with Crippen LogP contribution in [-0.2, 0) is 10.0 Å². The summed E-state index contributed by atoms with van der Waals surface area (Å²) < 4.78 is 27.3. The molecule has 0 aliphatic carbocycles. The van der Waals surface area contributed by atoms with E-state index >= 15 is 0 Å². The molecule has 3 rings (SSSR count). The standard InChI is InChI=1S/C20H21N3O5S/c1-13(2)18-12-19(15-5-4-6-16(11-15)23(25)26)22(20(24)21-18)29(27,28)17-9-7-14(3)8-10-17/h4-13,19H,1-3H3,(H,21,24). The second-order valence-electron chi connectivity index (χ2n) is 7.12. The van der Waals surface area contributed by atoms with Crippen LogP contribution in [0.1, 0.15) is 31.0 Å². The molecular weight excluding hydrogens is 394 g/mol. The summed E-state index contributed by atoms with van der Waals surface area (Å²) >= 11 is 0. The van der Waals surface area contributed by atoms with Crippen LogP contribution in [0.3, 0.4) is 0 Å². The Morgan fingerprint density at radius 3 is 2.38 bits per heavy atom. The first-order chi connectivity index (χ1) is 13.6. The van der Waals surface area contributed by atoms with Crippen LogP contribution in [0.15, 0.2) is 65.2 Å². The van der Waals surface area contributed by atoms with Crippen LogP contribution in [0.25, 0.3) is 0 Å². The summed E-state index contributed by atoms with van der Waals surface area (Å²) in [5.74, 6) is -0.0654. The van der Waals surface area contributed by atoms with Crippen LogP contribution in [0, 0.1) is 23.0 Å². The molecule has 1 N–H and O–H groups in total. The number of hydrogen-bond acceptors (Lipinski definition) is 5. The molecule has 1 atom stereocenters. The number of rotatable bonds is 5. The van der Waals surface area contributed by atoms with E-state index in [1.807, 2.05) is 20.8 Å². The monoisotopic (exact) mass is 415 g/mol. The zero-order valence-electron chi connectivity index (χ0n) is 16.2. The Hall–Kier alpha value is -3.20. The minimum absolute atomic E-state index is 0.0323. The third-order valence-electron chi connectivity index (χ3n) is 4.66. The largest absolute Gasteiger partial charge is 0.336 e. The number of allylic oxidation sites excluding steroid dienone is 1. The second kappa shape index (κ2) is 7.67. The summed E-state index contributed by atoms with van der Waals surface area (Å²) in [4.78, 5) is 23.5. The zero-order valence-corrected chi connectivity index (χ0v) is 17.0. The molecule has 1 aliphatic rings. The molecule has 0 radical (unpaired) electrons. The van der Waals surface area contributed by atoms with Crippen molar-refractivity contribution in [2.45, 2.75) is 31.7 Å². The Balaban J connectivity index is 2.17. The third kappa shape index (κ3) is 4.00. The molecule has 0 bridgehead atoms. The van der Waals surface area contributed by atoms with Gasteiger partial charge in [-0.2, -0.15) is 0 Å². The Labute approximate surface area is 169 Å². The van der Waals surface area contributed by atoms with Gasteiger partial charge < -0.3 is 5.32 Å². The minimum atomic E-state index is -4.20. The van der Waals surface area contributed by atoms with Crippen molar-refractivity contribution >= 4 is 21.7 Å². The average molecular weight is 415 g/mol. The number of nitrogens with one attached hydrogen (secondary N) is 1. The third-order valence-corrected chi connectivity index (χ3v) is 6.44. The number of sulfonamides is 1. The highest BCUT2D eigenvalue weighted by molar-refractivity contribution is 7.89. The lowest BCUT2D eigenvalue weighted by atomic mass is 10.00. The van der Waals surface area contributed by atoms with E-state index in [-0.39, 0.29) is 16.5 Å². The fourth-order valence-corrected chi connectivity index (χ4v) is 4.51. The Kier molecular flexibility index (Phi) is 5.43. The molecule has 0 spiro atoms. The van der Waals surface area contributed by atoms with E-state index < -0.39 is 27.0 Å². The van der Waals surface area contributed by atoms with Gasteiger partial charge in [0, 0.05) is 17.8 Å². The number of urea groups is 1. The quantitative estimate of drug-likeness (QED) is 0.588. The first kappa shape index (κ1) is 20.5. The van der Waals surface area contributed by atoms with Crippen molar-refractivity contribution in [3.63, 3.8) is 0 Å². The fraction of sp³-hybridized carbons (Fsp3) is 0.250. The lowest BCUT2D eigenvalue weighted by molar-refractivity contribution is -0.384. The van der Waals surface area contributed by atoms with Gasteiger partial charge in [-0.3, -0.25) is 10.1 Å². The lowest BCUT2D eigenvalue weighted by Crippen LogP contribution is -2.49. The highest BCUT2D eigenvalue weighted by atomic mass is 32.2. The number of carbonyl (C=O) groups is 1. The van der Waals surface area contributed by atoms with Crippen LogP contribution in [0.5, 0.6) is 0 Å². The summed E-state index contributed by atoms with van der Waals surface area (Å²) in [6, 6.07) is 10.0. The highest BCUT2D eigenvalue weighted by Crippen LogP contribution is 2.35. The molecule has 1 aliphatic heterocycles. The number of carbonyl (C=O) groups excluding carboxylic acids is 1. The molecule has 1 unspecified atom stereocenters. The summed E-state index contributed by atoms with van der Waals surface area (Å²) in [5.41, 5.74) is 1.59. The molecule has 9 heteroatoms. The summed E-state index contributed by atoms with van der Waals surface area (Å²) in [5, 5.41) is 13.8. The van der Waals surface area contributed by atoms with Gasteiger partial charge in [-0.25, -0.2) is 17.5 Å². The predicted molar refractivity (Wildman–Crippen MR) is 107 cm³/mol. The number of nitro benzene ring substituents is 1. The van der Waals surface area contributed by atoms with Gasteiger partial charge in [0.25, 0.3) is 15.7 Å². The van der Waals surface area contributed by atoms with Crippen LogP contribution in [0.4, 0.5) is 10.5 Å². The van der Waals surface area contributed by atoms with Crippen LogP contribution < -0.4 is 5.32 Å². The van der Waals surface area contributed by atoms with Gasteiger partial charge >= 0.3 is 6.03 Å². The zero-order chi connectivity index (χ0) is 21.3. The maximum absolute atomic E-state index is 13.3. The second-order valence-corrected chi connectivity index (χ2v) is 8.93. The van der Waals surface area contributed by atoms with Gasteiger partial charge in [0.05, 0.1) is 15.9 Å². The molecule has 2 aromatic rings. The van der Waals surface area contributed by atoms with Gasteiger partial charge in [-0.05, 0) is 36.6 Å². The maximum Gasteiger partial charge on any atom is 0.336 e. The van der Waals surface area contributed by atoms with E-state index in [1.165, 1.54) is 30.3 Å². The normalized spacial score (nSPS) is 17.1. The Bertz CT molecular complexity index is 1090. The molecular formula is C20H21N3O5S. The van der Waals surface area contributed by atoms with Crippen molar-refractivity contribution in [3.8, 4) is 0 Å². The maximum atomic E-state index is 13.3. The van der Waals surface area contributed by atoms with Crippen molar-refractivity contribution in [2.24, 2.45) is 5.92 Å². The summed E-state index contributed by atoms with van der Waals surface area (Å²) in [6.07, 6.45) is 1.62. The van der Waals surface area contributed by atoms with E-state index in [0.29, 0.717) is 11.3 Å². The number of benzene rings is 2. The molecule has 2 aromatic carbocycles. The van der Waals surface area contributed by atoms with Crippen molar-refractivity contribution in [1.82, 2.24) is 9.62 Å². The molecule has 0 fully saturated rings. The number of aryl methyl sites for hydroxylation is 1. The summed E-state index contributed by atoms with van der Waals surface area (Å²) in [6.45, 7) is 5.55. The number of nitrogens with zero attached hydrogens (tertiary/aromatic N) is 2. The molecule has 0 saturated carbocycles. The molecule has 29 heavy (non-hydrogen) atoms. The molecule has 0 saturated heterocycles. The van der Waals surface area contributed by atoms with Gasteiger partial charge in [0.1, 0.15) is 0 Å². The van der Waals surface area contributed by atoms with Crippen molar-refractivity contribution in [1.29, 1.82) is 0 Å². The first-order valence-electron chi connectivity index (χ1n) is 8.99. The van der Waals surface area contributed by atoms with Crippen molar-refractivity contribution in [2.75, 3.05) is 0 Å².